The van der Waals surface area contributed by atoms with Crippen molar-refractivity contribution in [1.82, 2.24) is 4.90 Å². The van der Waals surface area contributed by atoms with Crippen molar-refractivity contribution in [3.8, 4) is 5.75 Å². The largest absolute Gasteiger partial charge is 0.494 e. The molecule has 1 heterocycles. The zero-order chi connectivity index (χ0) is 14.2. The summed E-state index contributed by atoms with van der Waals surface area (Å²) >= 11 is 0. The highest BCUT2D eigenvalue weighted by Crippen LogP contribution is 2.17. The molecule has 20 heavy (non-hydrogen) atoms. The van der Waals surface area contributed by atoms with E-state index in [2.05, 4.69) is 5.32 Å². The molecule has 4 heteroatoms. The molecule has 0 unspecified atom stereocenters. The number of nitrogens with zero attached hydrogens (tertiary/aromatic N) is 1. The van der Waals surface area contributed by atoms with Gasteiger partial charge in [-0.3, -0.25) is 0 Å². The minimum absolute atomic E-state index is 0.0102. The van der Waals surface area contributed by atoms with E-state index >= 15 is 0 Å². The number of likely N-dealkylation sites (tertiary alicyclic amines) is 1. The summed E-state index contributed by atoms with van der Waals surface area (Å²) in [6.07, 6.45) is 5.97. The van der Waals surface area contributed by atoms with E-state index < -0.39 is 0 Å². The molecule has 1 aromatic carbocycles. The fraction of sp³-hybridized carbons (Fsp3) is 0.562. The van der Waals surface area contributed by atoms with Crippen LogP contribution >= 0.6 is 0 Å². The number of anilines is 1. The summed E-state index contributed by atoms with van der Waals surface area (Å²) in [6, 6.07) is 7.54. The van der Waals surface area contributed by atoms with Gasteiger partial charge in [-0.1, -0.05) is 19.3 Å². The lowest BCUT2D eigenvalue weighted by Gasteiger charge is -2.25. The lowest BCUT2D eigenvalue weighted by molar-refractivity contribution is 0.206. The highest BCUT2D eigenvalue weighted by Gasteiger charge is 2.14. The second-order valence-corrected chi connectivity index (χ2v) is 5.14. The Balaban J connectivity index is 1.88. The van der Waals surface area contributed by atoms with Crippen LogP contribution in [0.15, 0.2) is 24.3 Å². The van der Waals surface area contributed by atoms with Gasteiger partial charge < -0.3 is 15.0 Å². The Bertz CT molecular complexity index is 409. The molecule has 1 aliphatic heterocycles. The Labute approximate surface area is 121 Å². The number of carbonyl (C=O) groups is 1. The molecule has 1 N–H and O–H groups in total. The van der Waals surface area contributed by atoms with E-state index in [9.17, 15) is 4.79 Å². The van der Waals surface area contributed by atoms with Gasteiger partial charge in [0.2, 0.25) is 0 Å². The first-order chi connectivity index (χ1) is 9.79. The van der Waals surface area contributed by atoms with Crippen molar-refractivity contribution in [2.24, 2.45) is 0 Å². The third kappa shape index (κ3) is 4.44. The van der Waals surface area contributed by atoms with Gasteiger partial charge in [0.05, 0.1) is 6.61 Å². The van der Waals surface area contributed by atoms with Gasteiger partial charge in [0.25, 0.3) is 0 Å². The summed E-state index contributed by atoms with van der Waals surface area (Å²) in [5.41, 5.74) is 0.820. The number of rotatable bonds is 3. The molecule has 0 spiro atoms. The smallest absolute Gasteiger partial charge is 0.321 e. The molecule has 4 nitrogen and oxygen atoms in total. The molecule has 0 aliphatic carbocycles. The van der Waals surface area contributed by atoms with Crippen LogP contribution in [0.4, 0.5) is 10.5 Å². The number of hydrogen-bond donors (Lipinski definition) is 1. The van der Waals surface area contributed by atoms with Crippen LogP contribution in [-0.4, -0.2) is 30.6 Å². The van der Waals surface area contributed by atoms with E-state index in [0.717, 1.165) is 37.4 Å². The Hall–Kier alpha value is -1.71. The van der Waals surface area contributed by atoms with Gasteiger partial charge in [0.1, 0.15) is 5.75 Å². The SMILES string of the molecule is CCOc1ccc(NC(=O)N2CCCCCCC2)cc1. The monoisotopic (exact) mass is 276 g/mol. The predicted molar refractivity (Wildman–Crippen MR) is 81.3 cm³/mol. The second-order valence-electron chi connectivity index (χ2n) is 5.14. The standard InChI is InChI=1S/C16H24N2O2/c1-2-20-15-10-8-14(9-11-15)17-16(19)18-12-6-4-3-5-7-13-18/h8-11H,2-7,12-13H2,1H3,(H,17,19). The van der Waals surface area contributed by atoms with Crippen LogP contribution in [0.2, 0.25) is 0 Å². The van der Waals surface area contributed by atoms with Crippen LogP contribution in [0, 0.1) is 0 Å². The third-order valence-electron chi connectivity index (χ3n) is 3.56. The van der Waals surface area contributed by atoms with Crippen molar-refractivity contribution < 1.29 is 9.53 Å². The summed E-state index contributed by atoms with van der Waals surface area (Å²) in [4.78, 5) is 14.2. The summed E-state index contributed by atoms with van der Waals surface area (Å²) in [5.74, 6) is 0.830. The van der Waals surface area contributed by atoms with E-state index in [-0.39, 0.29) is 6.03 Å². The molecule has 0 saturated carbocycles. The highest BCUT2D eigenvalue weighted by atomic mass is 16.5. The van der Waals surface area contributed by atoms with Gasteiger partial charge in [0, 0.05) is 18.8 Å². The zero-order valence-corrected chi connectivity index (χ0v) is 12.2. The molecule has 1 aliphatic rings. The van der Waals surface area contributed by atoms with Crippen LogP contribution in [0.25, 0.3) is 0 Å². The predicted octanol–water partition coefficient (Wildman–Crippen LogP) is 3.88. The fourth-order valence-corrected chi connectivity index (χ4v) is 2.45. The lowest BCUT2D eigenvalue weighted by Crippen LogP contribution is -2.37. The average molecular weight is 276 g/mol. The number of hydrogen-bond acceptors (Lipinski definition) is 2. The van der Waals surface area contributed by atoms with Crippen LogP contribution in [0.3, 0.4) is 0 Å². The van der Waals surface area contributed by atoms with Crippen LogP contribution in [0.5, 0.6) is 5.75 Å². The molecule has 0 radical (unpaired) electrons. The topological polar surface area (TPSA) is 41.6 Å². The van der Waals surface area contributed by atoms with E-state index in [1.54, 1.807) is 0 Å². The van der Waals surface area contributed by atoms with Crippen molar-refractivity contribution in [2.75, 3.05) is 25.0 Å². The quantitative estimate of drug-likeness (QED) is 0.910. The van der Waals surface area contributed by atoms with Crippen molar-refractivity contribution in [2.45, 2.75) is 39.0 Å². The molecule has 1 aromatic rings. The first kappa shape index (κ1) is 14.7. The maximum Gasteiger partial charge on any atom is 0.321 e. The molecule has 1 fully saturated rings. The molecule has 0 atom stereocenters. The number of carbonyl (C=O) groups excluding carboxylic acids is 1. The second kappa shape index (κ2) is 7.78. The van der Waals surface area contributed by atoms with Gasteiger partial charge in [-0.25, -0.2) is 4.79 Å². The Morgan fingerprint density at radius 2 is 1.70 bits per heavy atom. The minimum Gasteiger partial charge on any atom is -0.494 e. The van der Waals surface area contributed by atoms with E-state index in [1.165, 1.54) is 19.3 Å². The van der Waals surface area contributed by atoms with Crippen molar-refractivity contribution in [3.63, 3.8) is 0 Å². The van der Waals surface area contributed by atoms with E-state index in [0.29, 0.717) is 6.61 Å². The first-order valence-corrected chi connectivity index (χ1v) is 7.58. The molecule has 2 rings (SSSR count). The highest BCUT2D eigenvalue weighted by molar-refractivity contribution is 5.89. The van der Waals surface area contributed by atoms with E-state index in [4.69, 9.17) is 4.74 Å². The normalized spacial score (nSPS) is 16.1. The summed E-state index contributed by atoms with van der Waals surface area (Å²) < 4.78 is 5.39. The van der Waals surface area contributed by atoms with E-state index in [1.807, 2.05) is 36.1 Å². The van der Waals surface area contributed by atoms with Gasteiger partial charge in [0.15, 0.2) is 0 Å². The third-order valence-corrected chi connectivity index (χ3v) is 3.56. The number of ether oxygens (including phenoxy) is 1. The van der Waals surface area contributed by atoms with Crippen LogP contribution in [0.1, 0.15) is 39.0 Å². The lowest BCUT2D eigenvalue weighted by atomic mass is 10.1. The summed E-state index contributed by atoms with van der Waals surface area (Å²) in [7, 11) is 0. The Morgan fingerprint density at radius 1 is 1.10 bits per heavy atom. The molecule has 0 aromatic heterocycles. The number of benzene rings is 1. The summed E-state index contributed by atoms with van der Waals surface area (Å²) in [6.45, 7) is 4.34. The fourth-order valence-electron chi connectivity index (χ4n) is 2.45. The summed E-state index contributed by atoms with van der Waals surface area (Å²) in [5, 5.41) is 2.96. The average Bonchev–Trinajstić information content (AvgIpc) is 2.41. The number of amides is 2. The Morgan fingerprint density at radius 3 is 2.30 bits per heavy atom. The maximum absolute atomic E-state index is 12.2. The van der Waals surface area contributed by atoms with Crippen molar-refractivity contribution in [3.05, 3.63) is 24.3 Å². The molecule has 2 amide bonds. The van der Waals surface area contributed by atoms with Gasteiger partial charge in [-0.2, -0.15) is 0 Å². The van der Waals surface area contributed by atoms with Gasteiger partial charge in [-0.05, 0) is 44.0 Å². The number of nitrogens with one attached hydrogen (secondary N) is 1. The molecular formula is C16H24N2O2. The van der Waals surface area contributed by atoms with Crippen LogP contribution < -0.4 is 10.1 Å². The van der Waals surface area contributed by atoms with Crippen molar-refractivity contribution in [1.29, 1.82) is 0 Å². The zero-order valence-electron chi connectivity index (χ0n) is 12.2. The Kier molecular flexibility index (Phi) is 5.71. The molecule has 110 valence electrons. The van der Waals surface area contributed by atoms with Crippen molar-refractivity contribution >= 4 is 11.7 Å². The molecule has 1 saturated heterocycles. The maximum atomic E-state index is 12.2. The number of urea groups is 1. The van der Waals surface area contributed by atoms with Gasteiger partial charge >= 0.3 is 6.03 Å². The van der Waals surface area contributed by atoms with Crippen LogP contribution in [-0.2, 0) is 0 Å². The first-order valence-electron chi connectivity index (χ1n) is 7.58. The molecule has 0 bridgehead atoms. The molecular weight excluding hydrogens is 252 g/mol. The van der Waals surface area contributed by atoms with Gasteiger partial charge in [-0.15, -0.1) is 0 Å². The minimum atomic E-state index is 0.0102.